The molecular formula is C17H23BrF2N2O. The summed E-state index contributed by atoms with van der Waals surface area (Å²) in [6.07, 6.45) is -0.0951. The second kappa shape index (κ2) is 7.26. The highest BCUT2D eigenvalue weighted by atomic mass is 79.9. The van der Waals surface area contributed by atoms with Crippen LogP contribution in [0.15, 0.2) is 28.7 Å². The van der Waals surface area contributed by atoms with E-state index in [1.54, 1.807) is 29.0 Å². The van der Waals surface area contributed by atoms with Crippen molar-refractivity contribution in [3.63, 3.8) is 0 Å². The maximum atomic E-state index is 13.4. The van der Waals surface area contributed by atoms with Crippen molar-refractivity contribution >= 4 is 21.8 Å². The predicted octanol–water partition coefficient (Wildman–Crippen LogP) is 3.89. The molecule has 128 valence electrons. The molecule has 0 aromatic heterocycles. The van der Waals surface area contributed by atoms with Gasteiger partial charge in [-0.15, -0.1) is 0 Å². The molecule has 6 heteroatoms. The molecule has 0 unspecified atom stereocenters. The highest BCUT2D eigenvalue weighted by Crippen LogP contribution is 2.28. The van der Waals surface area contributed by atoms with E-state index in [-0.39, 0.29) is 30.8 Å². The molecule has 3 nitrogen and oxygen atoms in total. The molecule has 1 aromatic carbocycles. The lowest BCUT2D eigenvalue weighted by atomic mass is 10.0. The number of alkyl halides is 2. The van der Waals surface area contributed by atoms with Gasteiger partial charge in [0.05, 0.1) is 6.54 Å². The molecule has 1 aliphatic rings. The van der Waals surface area contributed by atoms with Gasteiger partial charge in [0.15, 0.2) is 0 Å². The molecule has 1 aliphatic heterocycles. The molecule has 2 rings (SSSR count). The van der Waals surface area contributed by atoms with Gasteiger partial charge in [-0.2, -0.15) is 0 Å². The van der Waals surface area contributed by atoms with E-state index >= 15 is 0 Å². The predicted molar refractivity (Wildman–Crippen MR) is 90.9 cm³/mol. The number of halogens is 3. The Kier molecular flexibility index (Phi) is 5.79. The van der Waals surface area contributed by atoms with Crippen molar-refractivity contribution in [1.29, 1.82) is 0 Å². The van der Waals surface area contributed by atoms with Crippen molar-refractivity contribution < 1.29 is 13.6 Å². The number of amides is 1. The normalized spacial score (nSPS) is 19.1. The SMILES string of the molecule is CC(C)[C@@H](CN1CCC(F)(F)C1)N(C)C(=O)c1ccc(Br)cc1. The summed E-state index contributed by atoms with van der Waals surface area (Å²) in [7, 11) is 1.75. The Morgan fingerprint density at radius 3 is 2.43 bits per heavy atom. The maximum absolute atomic E-state index is 13.4. The van der Waals surface area contributed by atoms with Crippen LogP contribution in [0.1, 0.15) is 30.6 Å². The fourth-order valence-electron chi connectivity index (χ4n) is 2.95. The number of hydrogen-bond acceptors (Lipinski definition) is 2. The number of likely N-dealkylation sites (N-methyl/N-ethyl adjacent to an activating group) is 1. The van der Waals surface area contributed by atoms with Gasteiger partial charge in [-0.05, 0) is 30.2 Å². The van der Waals surface area contributed by atoms with Gasteiger partial charge in [0, 0.05) is 42.6 Å². The summed E-state index contributed by atoms with van der Waals surface area (Å²) < 4.78 is 27.7. The first-order valence-corrected chi connectivity index (χ1v) is 8.62. The highest BCUT2D eigenvalue weighted by Gasteiger charge is 2.39. The molecule has 1 amide bonds. The Bertz CT molecular complexity index is 548. The van der Waals surface area contributed by atoms with Crippen LogP contribution in [0.2, 0.25) is 0 Å². The lowest BCUT2D eigenvalue weighted by molar-refractivity contribution is 0.00885. The van der Waals surface area contributed by atoms with Gasteiger partial charge in [-0.1, -0.05) is 29.8 Å². The monoisotopic (exact) mass is 388 g/mol. The minimum atomic E-state index is -2.60. The lowest BCUT2D eigenvalue weighted by Gasteiger charge is -2.34. The van der Waals surface area contributed by atoms with Gasteiger partial charge in [0.1, 0.15) is 0 Å². The van der Waals surface area contributed by atoms with E-state index < -0.39 is 5.92 Å². The summed E-state index contributed by atoms with van der Waals surface area (Å²) in [6.45, 7) is 4.69. The first-order chi connectivity index (χ1) is 10.7. The number of hydrogen-bond donors (Lipinski definition) is 0. The zero-order chi connectivity index (χ0) is 17.2. The molecule has 0 saturated carbocycles. The van der Waals surface area contributed by atoms with E-state index in [1.807, 2.05) is 26.0 Å². The van der Waals surface area contributed by atoms with Gasteiger partial charge in [0.2, 0.25) is 0 Å². The van der Waals surface area contributed by atoms with Gasteiger partial charge >= 0.3 is 0 Å². The summed E-state index contributed by atoms with van der Waals surface area (Å²) >= 11 is 3.35. The second-order valence-corrected chi connectivity index (χ2v) is 7.49. The third-order valence-corrected chi connectivity index (χ3v) is 4.90. The van der Waals surface area contributed by atoms with E-state index in [9.17, 15) is 13.6 Å². The van der Waals surface area contributed by atoms with Crippen LogP contribution in [0.4, 0.5) is 8.78 Å². The zero-order valence-electron chi connectivity index (χ0n) is 13.7. The molecule has 1 heterocycles. The number of likely N-dealkylation sites (tertiary alicyclic amines) is 1. The maximum Gasteiger partial charge on any atom is 0.261 e. The summed E-state index contributed by atoms with van der Waals surface area (Å²) in [4.78, 5) is 16.1. The molecule has 1 atom stereocenters. The average molecular weight is 389 g/mol. The van der Waals surface area contributed by atoms with Crippen LogP contribution in [0.3, 0.4) is 0 Å². The van der Waals surface area contributed by atoms with Crippen molar-refractivity contribution in [2.75, 3.05) is 26.7 Å². The lowest BCUT2D eigenvalue weighted by Crippen LogP contribution is -2.47. The van der Waals surface area contributed by atoms with Crippen molar-refractivity contribution in [3.05, 3.63) is 34.3 Å². The zero-order valence-corrected chi connectivity index (χ0v) is 15.3. The molecule has 0 N–H and O–H groups in total. The molecule has 1 aromatic rings. The molecule has 23 heavy (non-hydrogen) atoms. The molecular weight excluding hydrogens is 366 g/mol. The minimum Gasteiger partial charge on any atom is -0.337 e. The van der Waals surface area contributed by atoms with Crippen molar-refractivity contribution in [2.45, 2.75) is 32.2 Å². The average Bonchev–Trinajstić information content (AvgIpc) is 2.83. The van der Waals surface area contributed by atoms with E-state index in [0.717, 1.165) is 4.47 Å². The van der Waals surface area contributed by atoms with Crippen LogP contribution in [-0.4, -0.2) is 54.4 Å². The summed E-state index contributed by atoms with van der Waals surface area (Å²) in [5.74, 6) is -2.49. The van der Waals surface area contributed by atoms with Gasteiger partial charge in [0.25, 0.3) is 11.8 Å². The van der Waals surface area contributed by atoms with Crippen LogP contribution in [0.5, 0.6) is 0 Å². The fraction of sp³-hybridized carbons (Fsp3) is 0.588. The van der Waals surface area contributed by atoms with Crippen LogP contribution >= 0.6 is 15.9 Å². The van der Waals surface area contributed by atoms with Gasteiger partial charge in [-0.25, -0.2) is 8.78 Å². The molecule has 0 bridgehead atoms. The Labute approximate surface area is 144 Å². The number of carbonyl (C=O) groups is 1. The van der Waals surface area contributed by atoms with Crippen LogP contribution in [-0.2, 0) is 0 Å². The minimum absolute atomic E-state index is 0.0813. The molecule has 1 saturated heterocycles. The van der Waals surface area contributed by atoms with Crippen LogP contribution in [0.25, 0.3) is 0 Å². The Hall–Kier alpha value is -1.01. The van der Waals surface area contributed by atoms with E-state index in [4.69, 9.17) is 0 Å². The number of rotatable bonds is 5. The standard InChI is InChI=1S/C17H23BrF2N2O/c1-12(2)15(10-22-9-8-17(19,20)11-22)21(3)16(23)13-4-6-14(18)7-5-13/h4-7,12,15H,8-11H2,1-3H3/t15-/m1/s1. The molecule has 0 radical (unpaired) electrons. The topological polar surface area (TPSA) is 23.6 Å². The van der Waals surface area contributed by atoms with Gasteiger partial charge < -0.3 is 4.90 Å². The van der Waals surface area contributed by atoms with Crippen molar-refractivity contribution in [2.24, 2.45) is 5.92 Å². The number of benzene rings is 1. The van der Waals surface area contributed by atoms with E-state index in [0.29, 0.717) is 18.7 Å². The molecule has 1 fully saturated rings. The number of nitrogens with zero attached hydrogens (tertiary/aromatic N) is 2. The van der Waals surface area contributed by atoms with E-state index in [2.05, 4.69) is 15.9 Å². The Balaban J connectivity index is 2.07. The van der Waals surface area contributed by atoms with Crippen LogP contribution < -0.4 is 0 Å². The van der Waals surface area contributed by atoms with Crippen molar-refractivity contribution in [3.8, 4) is 0 Å². The fourth-order valence-corrected chi connectivity index (χ4v) is 3.22. The summed E-state index contributed by atoms with van der Waals surface area (Å²) in [6, 6.07) is 7.09. The van der Waals surface area contributed by atoms with Gasteiger partial charge in [-0.3, -0.25) is 9.69 Å². The third-order valence-electron chi connectivity index (χ3n) is 4.37. The summed E-state index contributed by atoms with van der Waals surface area (Å²) in [5, 5.41) is 0. The van der Waals surface area contributed by atoms with Crippen LogP contribution in [0, 0.1) is 5.92 Å². The van der Waals surface area contributed by atoms with Crippen molar-refractivity contribution in [1.82, 2.24) is 9.80 Å². The first-order valence-electron chi connectivity index (χ1n) is 7.82. The summed E-state index contributed by atoms with van der Waals surface area (Å²) in [5.41, 5.74) is 0.605. The highest BCUT2D eigenvalue weighted by molar-refractivity contribution is 9.10. The third kappa shape index (κ3) is 4.73. The largest absolute Gasteiger partial charge is 0.337 e. The quantitative estimate of drug-likeness (QED) is 0.763. The van der Waals surface area contributed by atoms with E-state index in [1.165, 1.54) is 0 Å². The number of carbonyl (C=O) groups excluding carboxylic acids is 1. The smallest absolute Gasteiger partial charge is 0.261 e. The Morgan fingerprint density at radius 2 is 1.96 bits per heavy atom. The first kappa shape index (κ1) is 18.3. The molecule has 0 aliphatic carbocycles. The molecule has 0 spiro atoms. The second-order valence-electron chi connectivity index (χ2n) is 6.58. The Morgan fingerprint density at radius 1 is 1.35 bits per heavy atom.